The Balaban J connectivity index is 2.21. The Morgan fingerprint density at radius 1 is 1.50 bits per heavy atom. The molecule has 0 radical (unpaired) electrons. The zero-order chi connectivity index (χ0) is 13.3. The van der Waals surface area contributed by atoms with Crippen LogP contribution in [0.5, 0.6) is 5.75 Å². The Morgan fingerprint density at radius 2 is 2.22 bits per heavy atom. The van der Waals surface area contributed by atoms with E-state index in [9.17, 15) is 15.2 Å². The lowest BCUT2D eigenvalue weighted by atomic mass is 9.88. The molecule has 98 valence electrons. The second-order valence-corrected chi connectivity index (χ2v) is 4.34. The van der Waals surface area contributed by atoms with Crippen LogP contribution in [0.4, 0.5) is 5.69 Å². The first kappa shape index (κ1) is 12.8. The summed E-state index contributed by atoms with van der Waals surface area (Å²) in [5.41, 5.74) is 0.631. The number of aliphatic hydroxyl groups excluding tert-OH is 1. The van der Waals surface area contributed by atoms with Crippen LogP contribution in [-0.2, 0) is 4.74 Å². The van der Waals surface area contributed by atoms with Gasteiger partial charge in [-0.2, -0.15) is 0 Å². The third kappa shape index (κ3) is 2.16. The molecule has 1 saturated carbocycles. The van der Waals surface area contributed by atoms with E-state index < -0.39 is 17.1 Å². The third-order valence-corrected chi connectivity index (χ3v) is 3.15. The van der Waals surface area contributed by atoms with Crippen LogP contribution in [0, 0.1) is 17.0 Å². The van der Waals surface area contributed by atoms with Crippen molar-refractivity contribution in [3.05, 3.63) is 33.9 Å². The standard InChI is InChI=1S/C12H15NO5/c1-7-4-3-5-8(13(15)16)11(7)18-10-6-9(14)12(10)17-2/h3-5,9-10,12,14H,6H2,1-2H3. The van der Waals surface area contributed by atoms with E-state index in [1.807, 2.05) is 0 Å². The lowest BCUT2D eigenvalue weighted by Gasteiger charge is -2.40. The Hall–Kier alpha value is -1.66. The summed E-state index contributed by atoms with van der Waals surface area (Å²) in [5.74, 6) is 0.251. The van der Waals surface area contributed by atoms with Crippen molar-refractivity contribution in [1.82, 2.24) is 0 Å². The van der Waals surface area contributed by atoms with Gasteiger partial charge in [-0.05, 0) is 12.5 Å². The lowest BCUT2D eigenvalue weighted by Crippen LogP contribution is -2.54. The SMILES string of the molecule is COC1C(O)CC1Oc1c(C)cccc1[N+](=O)[O-]. The number of methoxy groups -OCH3 is 1. The fraction of sp³-hybridized carbons (Fsp3) is 0.500. The molecule has 1 aromatic carbocycles. The van der Waals surface area contributed by atoms with Crippen molar-refractivity contribution in [3.63, 3.8) is 0 Å². The molecule has 3 unspecified atom stereocenters. The predicted molar refractivity (Wildman–Crippen MR) is 63.7 cm³/mol. The number of para-hydroxylation sites is 1. The molecule has 1 aromatic rings. The van der Waals surface area contributed by atoms with Crippen molar-refractivity contribution in [2.45, 2.75) is 31.7 Å². The molecule has 18 heavy (non-hydrogen) atoms. The minimum absolute atomic E-state index is 0.0637. The highest BCUT2D eigenvalue weighted by molar-refractivity contribution is 5.51. The van der Waals surface area contributed by atoms with Crippen LogP contribution in [0.25, 0.3) is 0 Å². The van der Waals surface area contributed by atoms with Gasteiger partial charge in [0.15, 0.2) is 5.75 Å². The van der Waals surface area contributed by atoms with Crippen molar-refractivity contribution >= 4 is 5.69 Å². The van der Waals surface area contributed by atoms with E-state index in [2.05, 4.69) is 0 Å². The van der Waals surface area contributed by atoms with Gasteiger partial charge < -0.3 is 14.6 Å². The number of aryl methyl sites for hydroxylation is 1. The molecule has 2 rings (SSSR count). The van der Waals surface area contributed by atoms with Gasteiger partial charge in [0, 0.05) is 19.6 Å². The molecule has 3 atom stereocenters. The maximum atomic E-state index is 10.9. The number of ether oxygens (including phenoxy) is 2. The monoisotopic (exact) mass is 253 g/mol. The van der Waals surface area contributed by atoms with Crippen LogP contribution >= 0.6 is 0 Å². The van der Waals surface area contributed by atoms with E-state index in [1.54, 1.807) is 19.1 Å². The molecule has 1 fully saturated rings. The van der Waals surface area contributed by atoms with Crippen LogP contribution < -0.4 is 4.74 Å². The van der Waals surface area contributed by atoms with Crippen LogP contribution in [0.15, 0.2) is 18.2 Å². The van der Waals surface area contributed by atoms with Crippen LogP contribution in [0.2, 0.25) is 0 Å². The zero-order valence-electron chi connectivity index (χ0n) is 10.2. The van der Waals surface area contributed by atoms with Gasteiger partial charge in [-0.25, -0.2) is 0 Å². The molecule has 6 nitrogen and oxygen atoms in total. The topological polar surface area (TPSA) is 81.8 Å². The largest absolute Gasteiger partial charge is 0.480 e. The lowest BCUT2D eigenvalue weighted by molar-refractivity contribution is -0.386. The van der Waals surface area contributed by atoms with Crippen molar-refractivity contribution < 1.29 is 19.5 Å². The second-order valence-electron chi connectivity index (χ2n) is 4.34. The van der Waals surface area contributed by atoms with E-state index in [-0.39, 0.29) is 17.5 Å². The Labute approximate surface area is 104 Å². The number of rotatable bonds is 4. The summed E-state index contributed by atoms with van der Waals surface area (Å²) in [4.78, 5) is 10.4. The molecule has 0 amide bonds. The van der Waals surface area contributed by atoms with E-state index in [0.717, 1.165) is 0 Å². The summed E-state index contributed by atoms with van der Waals surface area (Å²) >= 11 is 0. The van der Waals surface area contributed by atoms with Crippen molar-refractivity contribution in [1.29, 1.82) is 0 Å². The Kier molecular flexibility index (Phi) is 3.49. The fourth-order valence-electron chi connectivity index (χ4n) is 2.07. The Morgan fingerprint density at radius 3 is 2.78 bits per heavy atom. The summed E-state index contributed by atoms with van der Waals surface area (Å²) in [7, 11) is 1.48. The molecule has 6 heteroatoms. The van der Waals surface area contributed by atoms with Gasteiger partial charge in [0.25, 0.3) is 0 Å². The summed E-state index contributed by atoms with van der Waals surface area (Å²) in [5, 5.41) is 20.4. The van der Waals surface area contributed by atoms with Gasteiger partial charge in [-0.15, -0.1) is 0 Å². The quantitative estimate of drug-likeness (QED) is 0.648. The number of aliphatic hydroxyl groups is 1. The minimum atomic E-state index is -0.567. The molecule has 0 saturated heterocycles. The predicted octanol–water partition coefficient (Wildman–Crippen LogP) is 1.43. The minimum Gasteiger partial charge on any atom is -0.480 e. The van der Waals surface area contributed by atoms with Crippen molar-refractivity contribution in [3.8, 4) is 5.75 Å². The maximum Gasteiger partial charge on any atom is 0.311 e. The summed E-state index contributed by atoms with van der Waals surface area (Å²) in [6, 6.07) is 4.77. The van der Waals surface area contributed by atoms with E-state index in [1.165, 1.54) is 13.2 Å². The summed E-state index contributed by atoms with van der Waals surface area (Å²) in [6.45, 7) is 1.75. The number of nitrogens with zero attached hydrogens (tertiary/aromatic N) is 1. The Bertz CT molecular complexity index is 462. The number of nitro benzene ring substituents is 1. The molecular formula is C12H15NO5. The smallest absolute Gasteiger partial charge is 0.311 e. The molecule has 1 aliphatic carbocycles. The first-order valence-corrected chi connectivity index (χ1v) is 5.66. The molecule has 0 heterocycles. The molecule has 1 N–H and O–H groups in total. The highest BCUT2D eigenvalue weighted by atomic mass is 16.6. The summed E-state index contributed by atoms with van der Waals surface area (Å²) in [6.07, 6.45) is -0.915. The second kappa shape index (κ2) is 4.91. The van der Waals surface area contributed by atoms with E-state index in [4.69, 9.17) is 9.47 Å². The maximum absolute atomic E-state index is 10.9. The molecule has 1 aliphatic rings. The first-order valence-electron chi connectivity index (χ1n) is 5.66. The summed E-state index contributed by atoms with van der Waals surface area (Å²) < 4.78 is 10.7. The van der Waals surface area contributed by atoms with Gasteiger partial charge in [-0.1, -0.05) is 12.1 Å². The number of nitro groups is 1. The van der Waals surface area contributed by atoms with Gasteiger partial charge >= 0.3 is 5.69 Å². The highest BCUT2D eigenvalue weighted by Crippen LogP contribution is 2.35. The van der Waals surface area contributed by atoms with Gasteiger partial charge in [0.05, 0.1) is 11.0 Å². The van der Waals surface area contributed by atoms with E-state index >= 15 is 0 Å². The van der Waals surface area contributed by atoms with Gasteiger partial charge in [-0.3, -0.25) is 10.1 Å². The molecular weight excluding hydrogens is 238 g/mol. The van der Waals surface area contributed by atoms with Crippen molar-refractivity contribution in [2.75, 3.05) is 7.11 Å². The first-order chi connectivity index (χ1) is 8.54. The van der Waals surface area contributed by atoms with Crippen LogP contribution in [-0.4, -0.2) is 35.5 Å². The molecule has 0 bridgehead atoms. The van der Waals surface area contributed by atoms with Gasteiger partial charge in [0.2, 0.25) is 0 Å². The average Bonchev–Trinajstić information content (AvgIpc) is 2.30. The van der Waals surface area contributed by atoms with Crippen LogP contribution in [0.3, 0.4) is 0 Å². The molecule has 0 spiro atoms. The number of hydrogen-bond acceptors (Lipinski definition) is 5. The van der Waals surface area contributed by atoms with Crippen LogP contribution in [0.1, 0.15) is 12.0 Å². The highest BCUT2D eigenvalue weighted by Gasteiger charge is 2.43. The number of hydrogen-bond donors (Lipinski definition) is 1. The third-order valence-electron chi connectivity index (χ3n) is 3.15. The molecule has 0 aliphatic heterocycles. The van der Waals surface area contributed by atoms with Crippen molar-refractivity contribution in [2.24, 2.45) is 0 Å². The molecule has 0 aromatic heterocycles. The van der Waals surface area contributed by atoms with Gasteiger partial charge in [0.1, 0.15) is 12.2 Å². The van der Waals surface area contributed by atoms with E-state index in [0.29, 0.717) is 12.0 Å². The average molecular weight is 253 g/mol. The fourth-order valence-corrected chi connectivity index (χ4v) is 2.07. The zero-order valence-corrected chi connectivity index (χ0v) is 10.2. The number of benzene rings is 1. The normalized spacial score (nSPS) is 26.5.